The van der Waals surface area contributed by atoms with Crippen LogP contribution in [0.2, 0.25) is 0 Å². The van der Waals surface area contributed by atoms with Crippen LogP contribution in [-0.2, 0) is 16.1 Å². The summed E-state index contributed by atoms with van der Waals surface area (Å²) in [6, 6.07) is 8.65. The van der Waals surface area contributed by atoms with E-state index in [1.165, 1.54) is 0 Å². The molecule has 7 heteroatoms. The van der Waals surface area contributed by atoms with E-state index in [0.29, 0.717) is 12.1 Å². The van der Waals surface area contributed by atoms with Crippen molar-refractivity contribution in [2.24, 2.45) is 0 Å². The molecule has 2 aromatic rings. The monoisotopic (exact) mass is 335 g/mol. The van der Waals surface area contributed by atoms with E-state index < -0.39 is 23.7 Å². The molecule has 5 nitrogen and oxygen atoms in total. The zero-order chi connectivity index (χ0) is 17.7. The number of carbonyl (C=O) groups is 2. The Morgan fingerprint density at radius 2 is 1.71 bits per heavy atom. The van der Waals surface area contributed by atoms with Crippen molar-refractivity contribution in [1.29, 1.82) is 0 Å². The fourth-order valence-corrected chi connectivity index (χ4v) is 1.91. The lowest BCUT2D eigenvalue weighted by atomic mass is 10.1. The quantitative estimate of drug-likeness (QED) is 0.863. The predicted molar refractivity (Wildman–Crippen MR) is 82.7 cm³/mol. The van der Waals surface area contributed by atoms with Crippen molar-refractivity contribution in [1.82, 2.24) is 0 Å². The van der Waals surface area contributed by atoms with Crippen LogP contribution in [0.25, 0.3) is 0 Å². The summed E-state index contributed by atoms with van der Waals surface area (Å²) in [5, 5.41) is 2.21. The van der Waals surface area contributed by atoms with Crippen LogP contribution in [0, 0.1) is 18.6 Å². The minimum atomic E-state index is -1.23. The number of hydrogen-bond acceptors (Lipinski definition) is 4. The van der Waals surface area contributed by atoms with Gasteiger partial charge in [-0.3, -0.25) is 5.32 Å². The fourth-order valence-electron chi connectivity index (χ4n) is 1.91. The molecule has 0 radical (unpaired) electrons. The maximum atomic E-state index is 13.3. The van der Waals surface area contributed by atoms with Crippen LogP contribution in [0.5, 0.6) is 0 Å². The maximum absolute atomic E-state index is 13.3. The minimum Gasteiger partial charge on any atom is -0.465 e. The van der Waals surface area contributed by atoms with Crippen LogP contribution < -0.4 is 5.32 Å². The third-order valence-electron chi connectivity index (χ3n) is 3.19. The molecule has 0 aliphatic rings. The average Bonchev–Trinajstić information content (AvgIpc) is 2.56. The molecule has 0 heterocycles. The molecule has 0 atom stereocenters. The van der Waals surface area contributed by atoms with Gasteiger partial charge in [0, 0.05) is 6.07 Å². The first-order valence-corrected chi connectivity index (χ1v) is 6.97. The van der Waals surface area contributed by atoms with E-state index in [-0.39, 0.29) is 17.9 Å². The Bertz CT molecular complexity index is 760. The van der Waals surface area contributed by atoms with Gasteiger partial charge in [-0.2, -0.15) is 0 Å². The average molecular weight is 335 g/mol. The normalized spacial score (nSPS) is 10.2. The number of rotatable bonds is 4. The molecule has 0 saturated carbocycles. The number of halogens is 2. The number of esters is 1. The molecular formula is C17H15F2NO4. The zero-order valence-corrected chi connectivity index (χ0v) is 13.1. The Morgan fingerprint density at radius 3 is 2.33 bits per heavy atom. The molecule has 24 heavy (non-hydrogen) atoms. The van der Waals surface area contributed by atoms with Gasteiger partial charge in [-0.25, -0.2) is 18.4 Å². The Morgan fingerprint density at radius 1 is 1.08 bits per heavy atom. The summed E-state index contributed by atoms with van der Waals surface area (Å²) in [6.45, 7) is 1.91. The molecule has 0 saturated heterocycles. The highest BCUT2D eigenvalue weighted by Gasteiger charge is 2.18. The van der Waals surface area contributed by atoms with Gasteiger partial charge in [0.05, 0.1) is 18.4 Å². The lowest BCUT2D eigenvalue weighted by Crippen LogP contribution is -2.17. The number of aryl methyl sites for hydroxylation is 1. The van der Waals surface area contributed by atoms with Crippen molar-refractivity contribution < 1.29 is 27.8 Å². The fraction of sp³-hybridized carbons (Fsp3) is 0.176. The number of nitrogens with one attached hydrogen (secondary N) is 1. The van der Waals surface area contributed by atoms with E-state index >= 15 is 0 Å². The Balaban J connectivity index is 2.09. The number of hydrogen-bond donors (Lipinski definition) is 1. The maximum Gasteiger partial charge on any atom is 0.411 e. The second kappa shape index (κ2) is 7.54. The molecule has 0 unspecified atom stereocenters. The number of anilines is 1. The van der Waals surface area contributed by atoms with Crippen LogP contribution in [0.1, 0.15) is 21.5 Å². The van der Waals surface area contributed by atoms with Crippen LogP contribution in [-0.4, -0.2) is 19.2 Å². The lowest BCUT2D eigenvalue weighted by molar-refractivity contribution is 0.0601. The molecular weight excluding hydrogens is 320 g/mol. The molecule has 2 aromatic carbocycles. The van der Waals surface area contributed by atoms with E-state index in [1.807, 2.05) is 19.1 Å². The van der Waals surface area contributed by atoms with E-state index in [4.69, 9.17) is 4.74 Å². The van der Waals surface area contributed by atoms with Crippen molar-refractivity contribution in [3.8, 4) is 0 Å². The standard InChI is InChI=1S/C17H15F2NO4/c1-10-3-5-11(6-4-10)9-24-17(22)20-15-8-14(19)13(18)7-12(15)16(21)23-2/h3-8H,9H2,1-2H3,(H,20,22). The van der Waals surface area contributed by atoms with Gasteiger partial charge in [0.1, 0.15) is 6.61 Å². The van der Waals surface area contributed by atoms with Gasteiger partial charge in [-0.05, 0) is 18.6 Å². The number of ether oxygens (including phenoxy) is 2. The second-order valence-electron chi connectivity index (χ2n) is 4.99. The van der Waals surface area contributed by atoms with Crippen molar-refractivity contribution in [2.45, 2.75) is 13.5 Å². The van der Waals surface area contributed by atoms with Crippen molar-refractivity contribution >= 4 is 17.7 Å². The number of amides is 1. The summed E-state index contributed by atoms with van der Waals surface area (Å²) in [7, 11) is 1.09. The highest BCUT2D eigenvalue weighted by atomic mass is 19.2. The van der Waals surface area contributed by atoms with Gasteiger partial charge >= 0.3 is 12.1 Å². The molecule has 1 amide bonds. The molecule has 0 fully saturated rings. The lowest BCUT2D eigenvalue weighted by Gasteiger charge is -2.11. The van der Waals surface area contributed by atoms with Crippen LogP contribution >= 0.6 is 0 Å². The first-order chi connectivity index (χ1) is 11.4. The summed E-state index contributed by atoms with van der Waals surface area (Å²) in [5.41, 5.74) is 1.26. The largest absolute Gasteiger partial charge is 0.465 e. The summed E-state index contributed by atoms with van der Waals surface area (Å²) < 4.78 is 36.1. The summed E-state index contributed by atoms with van der Waals surface area (Å²) in [5.74, 6) is -3.35. The van der Waals surface area contributed by atoms with Gasteiger partial charge in [0.2, 0.25) is 0 Å². The predicted octanol–water partition coefficient (Wildman–Crippen LogP) is 3.81. The van der Waals surface area contributed by atoms with E-state index in [0.717, 1.165) is 18.2 Å². The molecule has 0 bridgehead atoms. The Kier molecular flexibility index (Phi) is 5.47. The SMILES string of the molecule is COC(=O)c1cc(F)c(F)cc1NC(=O)OCc1ccc(C)cc1. The van der Waals surface area contributed by atoms with Gasteiger partial charge in [0.15, 0.2) is 11.6 Å². The van der Waals surface area contributed by atoms with E-state index in [1.54, 1.807) is 12.1 Å². The van der Waals surface area contributed by atoms with Gasteiger partial charge in [-0.1, -0.05) is 29.8 Å². The third-order valence-corrected chi connectivity index (χ3v) is 3.19. The topological polar surface area (TPSA) is 64.6 Å². The molecule has 126 valence electrons. The molecule has 2 rings (SSSR count). The zero-order valence-electron chi connectivity index (χ0n) is 13.1. The Labute approximate surface area is 137 Å². The van der Waals surface area contributed by atoms with E-state index in [9.17, 15) is 18.4 Å². The number of carbonyl (C=O) groups excluding carboxylic acids is 2. The first-order valence-electron chi connectivity index (χ1n) is 6.97. The molecule has 0 aliphatic heterocycles. The third kappa shape index (κ3) is 4.28. The summed E-state index contributed by atoms with van der Waals surface area (Å²) in [6.07, 6.45) is -0.910. The van der Waals surface area contributed by atoms with Gasteiger partial charge in [0.25, 0.3) is 0 Å². The first kappa shape index (κ1) is 17.4. The second-order valence-corrected chi connectivity index (χ2v) is 4.99. The smallest absolute Gasteiger partial charge is 0.411 e. The highest BCUT2D eigenvalue weighted by Crippen LogP contribution is 2.21. The van der Waals surface area contributed by atoms with Crippen molar-refractivity contribution in [3.05, 3.63) is 64.7 Å². The van der Waals surface area contributed by atoms with Crippen molar-refractivity contribution in [2.75, 3.05) is 12.4 Å². The Hall–Kier alpha value is -2.96. The van der Waals surface area contributed by atoms with Gasteiger partial charge in [-0.15, -0.1) is 0 Å². The highest BCUT2D eigenvalue weighted by molar-refractivity contribution is 5.99. The minimum absolute atomic E-state index is 0.0106. The van der Waals surface area contributed by atoms with Gasteiger partial charge < -0.3 is 9.47 Å². The molecule has 0 aliphatic carbocycles. The number of methoxy groups -OCH3 is 1. The van der Waals surface area contributed by atoms with E-state index in [2.05, 4.69) is 10.1 Å². The van der Waals surface area contributed by atoms with Crippen LogP contribution in [0.3, 0.4) is 0 Å². The summed E-state index contributed by atoms with van der Waals surface area (Å²) in [4.78, 5) is 23.4. The molecule has 0 aromatic heterocycles. The molecule has 1 N–H and O–H groups in total. The summed E-state index contributed by atoms with van der Waals surface area (Å²) >= 11 is 0. The molecule has 0 spiro atoms. The van der Waals surface area contributed by atoms with Crippen LogP contribution in [0.15, 0.2) is 36.4 Å². The van der Waals surface area contributed by atoms with Crippen LogP contribution in [0.4, 0.5) is 19.3 Å². The van der Waals surface area contributed by atoms with Crippen molar-refractivity contribution in [3.63, 3.8) is 0 Å². The number of benzene rings is 2.